The zero-order valence-electron chi connectivity index (χ0n) is 16.0. The predicted octanol–water partition coefficient (Wildman–Crippen LogP) is 1.66. The molecule has 1 aromatic carbocycles. The Morgan fingerprint density at radius 3 is 2.36 bits per heavy atom. The van der Waals surface area contributed by atoms with Gasteiger partial charge in [-0.05, 0) is 37.1 Å². The number of carbonyl (C=O) groups excluding carboxylic acids is 2. The molecule has 2 aliphatic rings. The summed E-state index contributed by atoms with van der Waals surface area (Å²) < 4.78 is 12.9. The third-order valence-corrected chi connectivity index (χ3v) is 5.14. The Kier molecular flexibility index (Phi) is 8.95. The van der Waals surface area contributed by atoms with Gasteiger partial charge < -0.3 is 25.8 Å². The highest BCUT2D eigenvalue weighted by Crippen LogP contribution is 2.12. The molecule has 0 radical (unpaired) electrons. The van der Waals surface area contributed by atoms with Crippen LogP contribution < -0.4 is 16.0 Å². The lowest BCUT2D eigenvalue weighted by Gasteiger charge is -2.33. The summed E-state index contributed by atoms with van der Waals surface area (Å²) in [5.74, 6) is -0.0980. The van der Waals surface area contributed by atoms with Crippen molar-refractivity contribution in [2.24, 2.45) is 0 Å². The quantitative estimate of drug-likeness (QED) is 0.686. The van der Waals surface area contributed by atoms with Gasteiger partial charge in [0.1, 0.15) is 5.82 Å². The lowest BCUT2D eigenvalue weighted by molar-refractivity contribution is -0.132. The maximum absolute atomic E-state index is 12.9. The van der Waals surface area contributed by atoms with Crippen LogP contribution in [-0.4, -0.2) is 73.6 Å². The number of benzene rings is 1. The van der Waals surface area contributed by atoms with Gasteiger partial charge >= 0.3 is 6.03 Å². The topological polar surface area (TPSA) is 76.7 Å². The van der Waals surface area contributed by atoms with E-state index < -0.39 is 0 Å². The average molecular weight is 414 g/mol. The van der Waals surface area contributed by atoms with Gasteiger partial charge in [0.2, 0.25) is 5.91 Å². The van der Waals surface area contributed by atoms with E-state index in [2.05, 4.69) is 20.9 Å². The number of carbonyl (C=O) groups is 2. The number of piperazine rings is 1. The third-order valence-electron chi connectivity index (χ3n) is 5.14. The van der Waals surface area contributed by atoms with Crippen LogP contribution in [-0.2, 0) is 4.79 Å². The second-order valence-corrected chi connectivity index (χ2v) is 7.10. The smallest absolute Gasteiger partial charge is 0.319 e. The number of rotatable bonds is 5. The number of amides is 3. The molecule has 28 heavy (non-hydrogen) atoms. The molecule has 0 aliphatic carbocycles. The summed E-state index contributed by atoms with van der Waals surface area (Å²) >= 11 is 0. The summed E-state index contributed by atoms with van der Waals surface area (Å²) in [5, 5.41) is 8.94. The average Bonchev–Trinajstić information content (AvgIpc) is 2.69. The van der Waals surface area contributed by atoms with Crippen molar-refractivity contribution in [2.75, 3.05) is 51.1 Å². The second kappa shape index (κ2) is 11.2. The highest BCUT2D eigenvalue weighted by Gasteiger charge is 2.22. The van der Waals surface area contributed by atoms with E-state index in [4.69, 9.17) is 0 Å². The van der Waals surface area contributed by atoms with E-state index >= 15 is 0 Å². The van der Waals surface area contributed by atoms with Crippen LogP contribution in [0, 0.1) is 5.82 Å². The molecule has 3 rings (SSSR count). The molecule has 2 heterocycles. The molecule has 9 heteroatoms. The van der Waals surface area contributed by atoms with Gasteiger partial charge in [-0.25, -0.2) is 9.18 Å². The summed E-state index contributed by atoms with van der Waals surface area (Å²) in [5.41, 5.74) is 0.567. The van der Waals surface area contributed by atoms with Crippen molar-refractivity contribution in [1.82, 2.24) is 20.4 Å². The van der Waals surface area contributed by atoms with Gasteiger partial charge in [0, 0.05) is 64.0 Å². The first-order valence-electron chi connectivity index (χ1n) is 9.64. The van der Waals surface area contributed by atoms with E-state index in [1.165, 1.54) is 24.3 Å². The van der Waals surface area contributed by atoms with E-state index in [1.807, 2.05) is 4.90 Å². The van der Waals surface area contributed by atoms with Crippen molar-refractivity contribution in [2.45, 2.75) is 25.3 Å². The van der Waals surface area contributed by atoms with E-state index in [0.717, 1.165) is 58.7 Å². The van der Waals surface area contributed by atoms with Crippen LogP contribution in [0.25, 0.3) is 0 Å². The van der Waals surface area contributed by atoms with Crippen LogP contribution in [0.5, 0.6) is 0 Å². The van der Waals surface area contributed by atoms with Gasteiger partial charge in [-0.2, -0.15) is 0 Å². The van der Waals surface area contributed by atoms with Crippen molar-refractivity contribution >= 4 is 30.0 Å². The monoisotopic (exact) mass is 413 g/mol. The van der Waals surface area contributed by atoms with E-state index in [1.54, 1.807) is 0 Å². The number of hydrogen-bond donors (Lipinski definition) is 3. The second-order valence-electron chi connectivity index (χ2n) is 7.10. The van der Waals surface area contributed by atoms with Gasteiger partial charge in [-0.1, -0.05) is 0 Å². The molecule has 2 aliphatic heterocycles. The van der Waals surface area contributed by atoms with Crippen molar-refractivity contribution in [1.29, 1.82) is 0 Å². The minimum absolute atomic E-state index is 0. The number of likely N-dealkylation sites (tertiary alicyclic amines) is 1. The number of hydrogen-bond acceptors (Lipinski definition) is 4. The molecule has 2 fully saturated rings. The first-order valence-corrected chi connectivity index (χ1v) is 9.64. The van der Waals surface area contributed by atoms with Gasteiger partial charge in [-0.15, -0.1) is 12.4 Å². The Labute approximate surface area is 171 Å². The van der Waals surface area contributed by atoms with E-state index in [0.29, 0.717) is 12.1 Å². The number of halogens is 2. The van der Waals surface area contributed by atoms with Gasteiger partial charge in [0.05, 0.1) is 0 Å². The molecule has 156 valence electrons. The molecule has 0 aromatic heterocycles. The number of nitrogens with zero attached hydrogens (tertiary/aromatic N) is 2. The largest absolute Gasteiger partial charge is 0.340 e. The fraction of sp³-hybridized carbons (Fsp3) is 0.579. The summed E-state index contributed by atoms with van der Waals surface area (Å²) in [6.07, 6.45) is 2.28. The molecule has 3 N–H and O–H groups in total. The van der Waals surface area contributed by atoms with Crippen molar-refractivity contribution < 1.29 is 14.0 Å². The predicted molar refractivity (Wildman–Crippen MR) is 109 cm³/mol. The van der Waals surface area contributed by atoms with Gasteiger partial charge in [0.15, 0.2) is 0 Å². The lowest BCUT2D eigenvalue weighted by atomic mass is 10.0. The zero-order chi connectivity index (χ0) is 19.1. The number of urea groups is 1. The summed E-state index contributed by atoms with van der Waals surface area (Å²) in [4.78, 5) is 28.5. The number of nitrogens with one attached hydrogen (secondary N) is 3. The third kappa shape index (κ3) is 6.92. The molecule has 1 aromatic rings. The molecule has 2 saturated heterocycles. The standard InChI is InChI=1S/C19H28FN5O2.ClH/c20-15-1-3-16(4-2-15)22-19(27)23-17-5-10-24(11-6-17)12-7-18(26)25-13-8-21-9-14-25;/h1-4,17,21H,5-14H2,(H2,22,23,27);1H. The lowest BCUT2D eigenvalue weighted by Crippen LogP contribution is -2.48. The fourth-order valence-electron chi connectivity index (χ4n) is 3.51. The molecular weight excluding hydrogens is 385 g/mol. The summed E-state index contributed by atoms with van der Waals surface area (Å²) in [6.45, 7) is 5.87. The Morgan fingerprint density at radius 1 is 1.07 bits per heavy atom. The van der Waals surface area contributed by atoms with Crippen LogP contribution in [0.3, 0.4) is 0 Å². The van der Waals surface area contributed by atoms with E-state index in [-0.39, 0.29) is 36.2 Å². The molecule has 0 saturated carbocycles. The van der Waals surface area contributed by atoms with E-state index in [9.17, 15) is 14.0 Å². The fourth-order valence-corrected chi connectivity index (χ4v) is 3.51. The molecule has 0 spiro atoms. The minimum Gasteiger partial charge on any atom is -0.340 e. The Morgan fingerprint density at radius 2 is 1.71 bits per heavy atom. The first-order chi connectivity index (χ1) is 13.1. The van der Waals surface area contributed by atoms with Crippen molar-refractivity contribution in [3.05, 3.63) is 30.1 Å². The molecule has 7 nitrogen and oxygen atoms in total. The van der Waals surface area contributed by atoms with Crippen LogP contribution in [0.15, 0.2) is 24.3 Å². The summed E-state index contributed by atoms with van der Waals surface area (Å²) in [7, 11) is 0. The molecule has 3 amide bonds. The van der Waals surface area contributed by atoms with Crippen LogP contribution in [0.1, 0.15) is 19.3 Å². The van der Waals surface area contributed by atoms with Crippen LogP contribution in [0.2, 0.25) is 0 Å². The normalized spacial score (nSPS) is 18.2. The highest BCUT2D eigenvalue weighted by atomic mass is 35.5. The van der Waals surface area contributed by atoms with Crippen LogP contribution >= 0.6 is 12.4 Å². The van der Waals surface area contributed by atoms with Crippen molar-refractivity contribution in [3.63, 3.8) is 0 Å². The molecule has 0 atom stereocenters. The first kappa shape index (κ1) is 22.4. The minimum atomic E-state index is -0.330. The SMILES string of the molecule is Cl.O=C(Nc1ccc(F)cc1)NC1CCN(CCC(=O)N2CCNCC2)CC1. The Bertz CT molecular complexity index is 632. The van der Waals surface area contributed by atoms with Crippen molar-refractivity contribution in [3.8, 4) is 0 Å². The Balaban J connectivity index is 0.00000280. The van der Waals surface area contributed by atoms with Gasteiger partial charge in [0.25, 0.3) is 0 Å². The molecular formula is C19H29ClFN5O2. The Hall–Kier alpha value is -1.90. The summed E-state index contributed by atoms with van der Waals surface area (Å²) in [6, 6.07) is 5.55. The number of anilines is 1. The molecule has 0 unspecified atom stereocenters. The zero-order valence-corrected chi connectivity index (χ0v) is 16.8. The highest BCUT2D eigenvalue weighted by molar-refractivity contribution is 5.89. The van der Waals surface area contributed by atoms with Crippen LogP contribution in [0.4, 0.5) is 14.9 Å². The molecule has 0 bridgehead atoms. The number of piperidine rings is 1. The van der Waals surface area contributed by atoms with Gasteiger partial charge in [-0.3, -0.25) is 4.79 Å². The maximum atomic E-state index is 12.9. The maximum Gasteiger partial charge on any atom is 0.319 e.